The summed E-state index contributed by atoms with van der Waals surface area (Å²) in [6.45, 7) is 6.03. The molecule has 2 aromatic heterocycles. The summed E-state index contributed by atoms with van der Waals surface area (Å²) in [6.07, 6.45) is 2.12. The van der Waals surface area contributed by atoms with Crippen LogP contribution in [0.15, 0.2) is 53.5 Å². The fourth-order valence-corrected chi connectivity index (χ4v) is 4.41. The highest BCUT2D eigenvalue weighted by Crippen LogP contribution is 2.32. The molecule has 4 rings (SSSR count). The topological polar surface area (TPSA) is 48.0 Å². The van der Waals surface area contributed by atoms with E-state index < -0.39 is 11.4 Å². The van der Waals surface area contributed by atoms with Crippen LogP contribution in [0.1, 0.15) is 37.6 Å². The maximum absolute atomic E-state index is 15.3. The van der Waals surface area contributed by atoms with Gasteiger partial charge in [0.25, 0.3) is 0 Å². The molecule has 2 aromatic carbocycles. The van der Waals surface area contributed by atoms with E-state index in [1.165, 1.54) is 10.7 Å². The van der Waals surface area contributed by atoms with Crippen molar-refractivity contribution in [3.8, 4) is 22.7 Å². The zero-order valence-electron chi connectivity index (χ0n) is 20.7. The van der Waals surface area contributed by atoms with Gasteiger partial charge in [-0.2, -0.15) is 0 Å². The predicted molar refractivity (Wildman–Crippen MR) is 138 cm³/mol. The van der Waals surface area contributed by atoms with E-state index in [4.69, 9.17) is 20.4 Å². The fraction of sp³-hybridized carbons (Fsp3) is 0.296. The largest absolute Gasteiger partial charge is 0.481 e. The third kappa shape index (κ3) is 4.38. The smallest absolute Gasteiger partial charge is 0.317 e. The molecule has 35 heavy (non-hydrogen) atoms. The summed E-state index contributed by atoms with van der Waals surface area (Å²) in [6, 6.07) is 12.5. The standard InChI is InChI=1S/C27H27B2FN3O2/c1-27(2,3)17-11-16-15-32(4)33(26(34)25(16)21(30)12-17)23-8-6-7-18(20(23)13-28)19-9-10-24(35-5)31-22(19)14-29/h6-12,15H,13-14H2,1-5H3/q+1. The second kappa shape index (κ2) is 9.33. The summed E-state index contributed by atoms with van der Waals surface area (Å²) in [7, 11) is 15.5. The molecular weight excluding hydrogens is 439 g/mol. The van der Waals surface area contributed by atoms with Gasteiger partial charge in [-0.25, -0.2) is 9.37 Å². The highest BCUT2D eigenvalue weighted by molar-refractivity contribution is 6.10. The Morgan fingerprint density at radius 2 is 1.83 bits per heavy atom. The first kappa shape index (κ1) is 24.7. The number of hydrogen-bond acceptors (Lipinski definition) is 3. The Labute approximate surface area is 207 Å². The molecule has 8 heteroatoms. The monoisotopic (exact) mass is 466 g/mol. The molecule has 0 aliphatic carbocycles. The SMILES string of the molecule is [B]Cc1nc(OC)ccc1-c1cccc(-n2c(=O)c3c(F)cc(C(C)(C)C)cc3c[n+]2C)c1C[B]. The normalized spacial score (nSPS) is 11.7. The number of ether oxygens (including phenoxy) is 1. The van der Waals surface area contributed by atoms with E-state index in [0.717, 1.165) is 22.3 Å². The number of benzene rings is 2. The van der Waals surface area contributed by atoms with Gasteiger partial charge in [0, 0.05) is 17.3 Å². The predicted octanol–water partition coefficient (Wildman–Crippen LogP) is 3.66. The van der Waals surface area contributed by atoms with Gasteiger partial charge in [-0.1, -0.05) is 43.9 Å². The summed E-state index contributed by atoms with van der Waals surface area (Å²) in [5, 5.41) is 0.590. The number of pyridine rings is 1. The van der Waals surface area contributed by atoms with Crippen molar-refractivity contribution < 1.29 is 13.8 Å². The van der Waals surface area contributed by atoms with Crippen molar-refractivity contribution >= 4 is 26.5 Å². The Morgan fingerprint density at radius 3 is 2.46 bits per heavy atom. The maximum atomic E-state index is 15.3. The molecule has 4 aromatic rings. The molecule has 0 fully saturated rings. The average Bonchev–Trinajstić information content (AvgIpc) is 2.82. The Balaban J connectivity index is 2.00. The van der Waals surface area contributed by atoms with Gasteiger partial charge >= 0.3 is 5.56 Å². The molecule has 0 aliphatic rings. The van der Waals surface area contributed by atoms with Crippen LogP contribution in [0.3, 0.4) is 0 Å². The van der Waals surface area contributed by atoms with E-state index in [9.17, 15) is 4.79 Å². The van der Waals surface area contributed by atoms with Gasteiger partial charge < -0.3 is 4.74 Å². The Bertz CT molecular complexity index is 1490. The van der Waals surface area contributed by atoms with Crippen molar-refractivity contribution in [2.45, 2.75) is 38.8 Å². The van der Waals surface area contributed by atoms with Gasteiger partial charge in [-0.15, -0.1) is 4.68 Å². The van der Waals surface area contributed by atoms with Gasteiger partial charge in [0.15, 0.2) is 7.05 Å². The van der Waals surface area contributed by atoms with Crippen LogP contribution in [0, 0.1) is 5.82 Å². The summed E-state index contributed by atoms with van der Waals surface area (Å²) in [5.41, 5.74) is 3.65. The van der Waals surface area contributed by atoms with E-state index in [1.807, 2.05) is 45.0 Å². The minimum absolute atomic E-state index is 0.0400. The Kier molecular flexibility index (Phi) is 6.58. The van der Waals surface area contributed by atoms with Gasteiger partial charge in [0.05, 0.1) is 33.6 Å². The maximum Gasteiger partial charge on any atom is 0.317 e. The number of fused-ring (bicyclic) bond motifs is 1. The lowest BCUT2D eigenvalue weighted by Crippen LogP contribution is -2.48. The van der Waals surface area contributed by atoms with Crippen LogP contribution in [-0.4, -0.2) is 32.5 Å². The number of nitrogens with zero attached hydrogens (tertiary/aromatic N) is 3. The molecular formula is C27H27B2FN3O2+. The number of aryl methyl sites for hydroxylation is 1. The third-order valence-electron chi connectivity index (χ3n) is 6.26. The van der Waals surface area contributed by atoms with Crippen molar-refractivity contribution in [2.75, 3.05) is 7.11 Å². The molecule has 0 unspecified atom stereocenters. The quantitative estimate of drug-likeness (QED) is 0.334. The van der Waals surface area contributed by atoms with Crippen LogP contribution in [0.4, 0.5) is 4.39 Å². The van der Waals surface area contributed by atoms with Gasteiger partial charge in [-0.3, -0.25) is 4.79 Å². The van der Waals surface area contributed by atoms with E-state index >= 15 is 4.39 Å². The molecule has 0 amide bonds. The van der Waals surface area contributed by atoms with E-state index in [-0.39, 0.29) is 23.4 Å². The summed E-state index contributed by atoms with van der Waals surface area (Å²) in [5.74, 6) is -0.0797. The molecule has 4 radical (unpaired) electrons. The summed E-state index contributed by atoms with van der Waals surface area (Å²) in [4.78, 5) is 18.1. The number of hydrogen-bond donors (Lipinski definition) is 0. The second-order valence-corrected chi connectivity index (χ2v) is 9.55. The minimum atomic E-state index is -0.540. The molecule has 0 saturated heterocycles. The van der Waals surface area contributed by atoms with Crippen LogP contribution in [0.25, 0.3) is 27.6 Å². The van der Waals surface area contributed by atoms with Crippen LogP contribution in [0.2, 0.25) is 0 Å². The molecule has 0 bridgehead atoms. The van der Waals surface area contributed by atoms with Crippen molar-refractivity contribution in [1.82, 2.24) is 9.67 Å². The molecule has 174 valence electrons. The first-order valence-electron chi connectivity index (χ1n) is 11.4. The van der Waals surface area contributed by atoms with Gasteiger partial charge in [-0.05, 0) is 52.7 Å². The van der Waals surface area contributed by atoms with Crippen molar-refractivity contribution in [1.29, 1.82) is 0 Å². The zero-order chi connectivity index (χ0) is 25.5. The second-order valence-electron chi connectivity index (χ2n) is 9.55. The third-order valence-corrected chi connectivity index (χ3v) is 6.26. The van der Waals surface area contributed by atoms with Crippen LogP contribution in [-0.2, 0) is 25.1 Å². The van der Waals surface area contributed by atoms with Crippen molar-refractivity contribution in [3.63, 3.8) is 0 Å². The number of methoxy groups -OCH3 is 1. The van der Waals surface area contributed by atoms with E-state index in [0.29, 0.717) is 22.6 Å². The highest BCUT2D eigenvalue weighted by Gasteiger charge is 2.24. The summed E-state index contributed by atoms with van der Waals surface area (Å²) >= 11 is 0. The molecule has 0 aliphatic heterocycles. The fourth-order valence-electron chi connectivity index (χ4n) is 4.41. The Morgan fingerprint density at radius 1 is 1.09 bits per heavy atom. The van der Waals surface area contributed by atoms with Crippen molar-refractivity contribution in [3.05, 3.63) is 81.7 Å². The molecule has 5 nitrogen and oxygen atoms in total. The molecule has 0 atom stereocenters. The van der Waals surface area contributed by atoms with E-state index in [1.54, 1.807) is 37.2 Å². The number of halogens is 1. The lowest BCUT2D eigenvalue weighted by molar-refractivity contribution is -0.748. The average molecular weight is 466 g/mol. The lowest BCUT2D eigenvalue weighted by atomic mass is 9.85. The molecule has 0 spiro atoms. The van der Waals surface area contributed by atoms with Gasteiger partial charge in [0.1, 0.15) is 11.5 Å². The van der Waals surface area contributed by atoms with Gasteiger partial charge in [0.2, 0.25) is 12.1 Å². The first-order valence-corrected chi connectivity index (χ1v) is 11.4. The lowest BCUT2D eigenvalue weighted by Gasteiger charge is -2.20. The molecule has 0 saturated carbocycles. The van der Waals surface area contributed by atoms with E-state index in [2.05, 4.69) is 4.98 Å². The number of aromatic nitrogens is 3. The van der Waals surface area contributed by atoms with Crippen molar-refractivity contribution in [2.24, 2.45) is 7.05 Å². The molecule has 0 N–H and O–H groups in total. The summed E-state index contributed by atoms with van der Waals surface area (Å²) < 4.78 is 23.6. The molecule has 2 heterocycles. The number of rotatable bonds is 5. The minimum Gasteiger partial charge on any atom is -0.481 e. The van der Waals surface area contributed by atoms with Crippen LogP contribution in [0.5, 0.6) is 5.88 Å². The zero-order valence-corrected chi connectivity index (χ0v) is 20.7. The highest BCUT2D eigenvalue weighted by atomic mass is 19.1. The van der Waals surface area contributed by atoms with Crippen LogP contribution >= 0.6 is 0 Å². The first-order chi connectivity index (χ1) is 16.6. The Hall–Kier alpha value is -3.41. The van der Waals surface area contributed by atoms with Crippen LogP contribution < -0.4 is 15.0 Å².